The van der Waals surface area contributed by atoms with Crippen LogP contribution in [0, 0.1) is 21.4 Å². The van der Waals surface area contributed by atoms with Crippen molar-refractivity contribution in [2.75, 3.05) is 0 Å². The zero-order valence-corrected chi connectivity index (χ0v) is 14.5. The van der Waals surface area contributed by atoms with Crippen molar-refractivity contribution in [1.82, 2.24) is 0 Å². The SMILES string of the molecule is CC(C)(C)C1CCC(OS(=O)(=O)c2ccccc2[N+](=O)[O-])CC1. The van der Waals surface area contributed by atoms with Crippen LogP contribution in [0.15, 0.2) is 29.2 Å². The van der Waals surface area contributed by atoms with Crippen molar-refractivity contribution in [1.29, 1.82) is 0 Å². The Labute approximate surface area is 137 Å². The number of hydrogen-bond acceptors (Lipinski definition) is 5. The van der Waals surface area contributed by atoms with E-state index in [9.17, 15) is 18.5 Å². The summed E-state index contributed by atoms with van der Waals surface area (Å²) in [6.45, 7) is 6.55. The quantitative estimate of drug-likeness (QED) is 0.471. The minimum Gasteiger partial charge on any atom is -0.263 e. The molecular weight excluding hydrogens is 318 g/mol. The predicted octanol–water partition coefficient (Wildman–Crippen LogP) is 3.91. The molecule has 0 saturated heterocycles. The fourth-order valence-electron chi connectivity index (χ4n) is 3.08. The standard InChI is InChI=1S/C16H23NO5S/c1-16(2,3)12-8-10-13(11-9-12)22-23(20,21)15-7-5-4-6-14(15)17(18)19/h4-7,12-13H,8-11H2,1-3H3. The lowest BCUT2D eigenvalue weighted by Gasteiger charge is -2.36. The Balaban J connectivity index is 2.11. The topological polar surface area (TPSA) is 86.5 Å². The van der Waals surface area contributed by atoms with Gasteiger partial charge in [0.05, 0.1) is 11.0 Å². The van der Waals surface area contributed by atoms with E-state index in [4.69, 9.17) is 4.18 Å². The van der Waals surface area contributed by atoms with Crippen molar-refractivity contribution in [2.24, 2.45) is 11.3 Å². The lowest BCUT2D eigenvalue weighted by molar-refractivity contribution is -0.387. The highest BCUT2D eigenvalue weighted by Crippen LogP contribution is 2.39. The Morgan fingerprint density at radius 3 is 2.22 bits per heavy atom. The van der Waals surface area contributed by atoms with Crippen LogP contribution in [0.25, 0.3) is 0 Å². The van der Waals surface area contributed by atoms with Gasteiger partial charge >= 0.3 is 10.1 Å². The zero-order chi connectivity index (χ0) is 17.3. The molecule has 2 rings (SSSR count). The predicted molar refractivity (Wildman–Crippen MR) is 86.6 cm³/mol. The molecule has 0 amide bonds. The van der Waals surface area contributed by atoms with Gasteiger partial charge in [-0.3, -0.25) is 14.3 Å². The molecule has 1 aliphatic rings. The Morgan fingerprint density at radius 1 is 1.13 bits per heavy atom. The number of nitro groups is 1. The normalized spacial score (nSPS) is 22.7. The molecule has 1 fully saturated rings. The highest BCUT2D eigenvalue weighted by Gasteiger charge is 2.34. The summed E-state index contributed by atoms with van der Waals surface area (Å²) < 4.78 is 30.0. The lowest BCUT2D eigenvalue weighted by Crippen LogP contribution is -2.30. The van der Waals surface area contributed by atoms with Gasteiger partial charge in [-0.25, -0.2) is 0 Å². The molecule has 6 nitrogen and oxygen atoms in total. The van der Waals surface area contributed by atoms with Gasteiger partial charge < -0.3 is 0 Å². The highest BCUT2D eigenvalue weighted by atomic mass is 32.2. The van der Waals surface area contributed by atoms with Gasteiger partial charge in [0.2, 0.25) is 0 Å². The third-order valence-electron chi connectivity index (χ3n) is 4.49. The van der Waals surface area contributed by atoms with Crippen molar-refractivity contribution >= 4 is 15.8 Å². The third-order valence-corrected chi connectivity index (χ3v) is 5.90. The monoisotopic (exact) mass is 341 g/mol. The largest absolute Gasteiger partial charge is 0.304 e. The molecule has 0 bridgehead atoms. The van der Waals surface area contributed by atoms with Crippen molar-refractivity contribution in [3.8, 4) is 0 Å². The zero-order valence-electron chi connectivity index (χ0n) is 13.7. The molecule has 1 aromatic carbocycles. The van der Waals surface area contributed by atoms with E-state index >= 15 is 0 Å². The second-order valence-corrected chi connectivity index (χ2v) is 8.66. The van der Waals surface area contributed by atoms with E-state index in [0.717, 1.165) is 12.8 Å². The van der Waals surface area contributed by atoms with Gasteiger partial charge in [-0.15, -0.1) is 0 Å². The highest BCUT2D eigenvalue weighted by molar-refractivity contribution is 7.87. The number of para-hydroxylation sites is 1. The van der Waals surface area contributed by atoms with Crippen molar-refractivity contribution in [3.63, 3.8) is 0 Å². The van der Waals surface area contributed by atoms with E-state index in [0.29, 0.717) is 18.8 Å². The fraction of sp³-hybridized carbons (Fsp3) is 0.625. The van der Waals surface area contributed by atoms with Crippen LogP contribution < -0.4 is 0 Å². The van der Waals surface area contributed by atoms with Crippen molar-refractivity contribution in [2.45, 2.75) is 57.5 Å². The number of hydrogen-bond donors (Lipinski definition) is 0. The van der Waals surface area contributed by atoms with Crippen LogP contribution in [0.3, 0.4) is 0 Å². The molecular formula is C16H23NO5S. The van der Waals surface area contributed by atoms with Crippen LogP contribution in [0.2, 0.25) is 0 Å². The average Bonchev–Trinajstić information content (AvgIpc) is 2.46. The molecule has 0 spiro atoms. The third kappa shape index (κ3) is 4.29. The van der Waals surface area contributed by atoms with Crippen molar-refractivity contribution < 1.29 is 17.5 Å². The number of benzene rings is 1. The summed E-state index contributed by atoms with van der Waals surface area (Å²) in [5.41, 5.74) is -0.252. The molecule has 1 aliphatic carbocycles. The molecule has 0 aliphatic heterocycles. The maximum atomic E-state index is 12.4. The number of nitro benzene ring substituents is 1. The van der Waals surface area contributed by atoms with Crippen LogP contribution >= 0.6 is 0 Å². The van der Waals surface area contributed by atoms with E-state index in [2.05, 4.69) is 20.8 Å². The smallest absolute Gasteiger partial charge is 0.263 e. The van der Waals surface area contributed by atoms with Crippen LogP contribution in [0.5, 0.6) is 0 Å². The fourth-order valence-corrected chi connectivity index (χ4v) is 4.37. The molecule has 0 aromatic heterocycles. The van der Waals surface area contributed by atoms with E-state index in [1.807, 2.05) is 0 Å². The van der Waals surface area contributed by atoms with Gasteiger partial charge in [-0.05, 0) is 43.1 Å². The molecule has 0 atom stereocenters. The van der Waals surface area contributed by atoms with Crippen LogP contribution in [0.4, 0.5) is 5.69 Å². The van der Waals surface area contributed by atoms with E-state index in [1.165, 1.54) is 24.3 Å². The van der Waals surface area contributed by atoms with E-state index < -0.39 is 26.8 Å². The molecule has 128 valence electrons. The Morgan fingerprint density at radius 2 is 1.70 bits per heavy atom. The van der Waals surface area contributed by atoms with E-state index in [-0.39, 0.29) is 10.3 Å². The van der Waals surface area contributed by atoms with Crippen molar-refractivity contribution in [3.05, 3.63) is 34.4 Å². The summed E-state index contributed by atoms with van der Waals surface area (Å²) in [4.78, 5) is 9.93. The van der Waals surface area contributed by atoms with Gasteiger partial charge in [0.15, 0.2) is 4.90 Å². The van der Waals surface area contributed by atoms with E-state index in [1.54, 1.807) is 0 Å². The molecule has 0 unspecified atom stereocenters. The number of rotatable bonds is 4. The maximum Gasteiger partial charge on any atom is 0.304 e. The molecule has 23 heavy (non-hydrogen) atoms. The van der Waals surface area contributed by atoms with Gasteiger partial charge in [0.25, 0.3) is 5.69 Å². The van der Waals surface area contributed by atoms with Gasteiger partial charge in [-0.2, -0.15) is 8.42 Å². The van der Waals surface area contributed by atoms with Crippen LogP contribution in [0.1, 0.15) is 46.5 Å². The Hall–Kier alpha value is -1.47. The molecule has 0 N–H and O–H groups in total. The first-order chi connectivity index (χ1) is 10.6. The molecule has 7 heteroatoms. The van der Waals surface area contributed by atoms with Gasteiger partial charge in [0, 0.05) is 6.07 Å². The first kappa shape index (κ1) is 17.9. The second kappa shape index (κ2) is 6.57. The first-order valence-electron chi connectivity index (χ1n) is 7.78. The minimum absolute atomic E-state index is 0.196. The molecule has 1 aromatic rings. The molecule has 0 heterocycles. The summed E-state index contributed by atoms with van der Waals surface area (Å²) in [7, 11) is -4.13. The lowest BCUT2D eigenvalue weighted by atomic mass is 9.72. The molecule has 0 radical (unpaired) electrons. The second-order valence-electron chi connectivity index (χ2n) is 7.11. The maximum absolute atomic E-state index is 12.4. The summed E-state index contributed by atoms with van der Waals surface area (Å²) in [5.74, 6) is 0.538. The number of nitrogens with zero attached hydrogens (tertiary/aromatic N) is 1. The summed E-state index contributed by atoms with van der Waals surface area (Å²) >= 11 is 0. The Kier molecular flexibility index (Phi) is 5.10. The van der Waals surface area contributed by atoms with Gasteiger partial charge in [0.1, 0.15) is 0 Å². The Bertz CT molecular complexity index is 670. The first-order valence-corrected chi connectivity index (χ1v) is 9.19. The van der Waals surface area contributed by atoms with Gasteiger partial charge in [-0.1, -0.05) is 32.9 Å². The van der Waals surface area contributed by atoms with Crippen LogP contribution in [-0.2, 0) is 14.3 Å². The molecule has 1 saturated carbocycles. The van der Waals surface area contributed by atoms with Crippen LogP contribution in [-0.4, -0.2) is 19.4 Å². The summed E-state index contributed by atoms with van der Waals surface area (Å²) in [6, 6.07) is 5.28. The summed E-state index contributed by atoms with van der Waals surface area (Å²) in [5, 5.41) is 11.0. The summed E-state index contributed by atoms with van der Waals surface area (Å²) in [6.07, 6.45) is 2.71. The minimum atomic E-state index is -4.13. The average molecular weight is 341 g/mol.